The second kappa shape index (κ2) is 4.34. The van der Waals surface area contributed by atoms with E-state index < -0.39 is 11.4 Å². The summed E-state index contributed by atoms with van der Waals surface area (Å²) in [5.74, 6) is -0.868. The van der Waals surface area contributed by atoms with Crippen LogP contribution in [0.4, 0.5) is 4.39 Å². The van der Waals surface area contributed by atoms with E-state index in [1.54, 1.807) is 0 Å². The molecule has 0 radical (unpaired) electrons. The summed E-state index contributed by atoms with van der Waals surface area (Å²) in [7, 11) is 0. The zero-order chi connectivity index (χ0) is 14.3. The molecule has 20 heavy (non-hydrogen) atoms. The van der Waals surface area contributed by atoms with Crippen LogP contribution in [-0.2, 0) is 0 Å². The van der Waals surface area contributed by atoms with Crippen LogP contribution in [0.5, 0.6) is 11.5 Å². The summed E-state index contributed by atoms with van der Waals surface area (Å²) in [5, 5.41) is 18.9. The number of aromatic amines is 1. The Morgan fingerprint density at radius 3 is 2.60 bits per heavy atom. The second-order valence-electron chi connectivity index (χ2n) is 4.28. The Kier molecular flexibility index (Phi) is 2.64. The highest BCUT2D eigenvalue weighted by molar-refractivity contribution is 5.79. The summed E-state index contributed by atoms with van der Waals surface area (Å²) < 4.78 is 13.1. The fourth-order valence-electron chi connectivity index (χ4n) is 1.92. The van der Waals surface area contributed by atoms with Crippen LogP contribution in [0.25, 0.3) is 22.3 Å². The lowest BCUT2D eigenvalue weighted by atomic mass is 10.1. The molecule has 0 spiro atoms. The van der Waals surface area contributed by atoms with Gasteiger partial charge < -0.3 is 15.2 Å². The van der Waals surface area contributed by atoms with Gasteiger partial charge in [-0.3, -0.25) is 4.79 Å². The van der Waals surface area contributed by atoms with Gasteiger partial charge >= 0.3 is 0 Å². The van der Waals surface area contributed by atoms with Crippen molar-refractivity contribution in [1.82, 2.24) is 9.97 Å². The number of aromatic nitrogens is 2. The van der Waals surface area contributed by atoms with E-state index in [-0.39, 0.29) is 22.7 Å². The minimum atomic E-state index is -0.514. The molecule has 0 aliphatic heterocycles. The topological polar surface area (TPSA) is 86.2 Å². The average Bonchev–Trinajstić information content (AvgIpc) is 2.42. The standard InChI is InChI=1S/C14H9FN2O3/c15-8-2-3-10-9(6-8)14(20)17-13(16-10)7-1-4-11(18)12(19)5-7/h1-6,18-19H,(H,16,17,20). The van der Waals surface area contributed by atoms with Crippen molar-refractivity contribution in [2.75, 3.05) is 0 Å². The zero-order valence-electron chi connectivity index (χ0n) is 10.1. The van der Waals surface area contributed by atoms with E-state index in [1.807, 2.05) is 0 Å². The lowest BCUT2D eigenvalue weighted by molar-refractivity contribution is 0.404. The Morgan fingerprint density at radius 2 is 1.85 bits per heavy atom. The predicted octanol–water partition coefficient (Wildman–Crippen LogP) is 2.14. The number of nitrogens with zero attached hydrogens (tertiary/aromatic N) is 1. The first-order valence-corrected chi connectivity index (χ1v) is 5.76. The highest BCUT2D eigenvalue weighted by Gasteiger charge is 2.09. The molecule has 0 aliphatic rings. The number of phenols is 2. The molecule has 3 rings (SSSR count). The molecule has 2 aromatic carbocycles. The van der Waals surface area contributed by atoms with Gasteiger partial charge in [-0.05, 0) is 36.4 Å². The van der Waals surface area contributed by atoms with Crippen molar-refractivity contribution in [2.45, 2.75) is 0 Å². The van der Waals surface area contributed by atoms with Crippen molar-refractivity contribution in [3.63, 3.8) is 0 Å². The van der Waals surface area contributed by atoms with Gasteiger partial charge in [0.1, 0.15) is 11.6 Å². The van der Waals surface area contributed by atoms with Crippen LogP contribution >= 0.6 is 0 Å². The fourth-order valence-corrected chi connectivity index (χ4v) is 1.92. The van der Waals surface area contributed by atoms with E-state index in [9.17, 15) is 19.4 Å². The summed E-state index contributed by atoms with van der Waals surface area (Å²) in [6, 6.07) is 7.81. The summed E-state index contributed by atoms with van der Waals surface area (Å²) in [6.07, 6.45) is 0. The molecule has 5 nitrogen and oxygen atoms in total. The largest absolute Gasteiger partial charge is 0.504 e. The summed E-state index contributed by atoms with van der Waals surface area (Å²) in [6.45, 7) is 0. The van der Waals surface area contributed by atoms with E-state index in [0.717, 1.165) is 6.07 Å². The van der Waals surface area contributed by atoms with Crippen molar-refractivity contribution in [1.29, 1.82) is 0 Å². The van der Waals surface area contributed by atoms with E-state index in [1.165, 1.54) is 30.3 Å². The van der Waals surface area contributed by atoms with Gasteiger partial charge in [-0.25, -0.2) is 9.37 Å². The van der Waals surface area contributed by atoms with Crippen LogP contribution in [0.3, 0.4) is 0 Å². The molecule has 0 bridgehead atoms. The molecule has 0 fully saturated rings. The van der Waals surface area contributed by atoms with Gasteiger partial charge in [-0.1, -0.05) is 0 Å². The molecule has 0 atom stereocenters. The first-order valence-electron chi connectivity index (χ1n) is 5.76. The molecule has 0 saturated carbocycles. The molecule has 3 N–H and O–H groups in total. The third-order valence-electron chi connectivity index (χ3n) is 2.92. The third-order valence-corrected chi connectivity index (χ3v) is 2.92. The monoisotopic (exact) mass is 272 g/mol. The van der Waals surface area contributed by atoms with E-state index in [4.69, 9.17) is 0 Å². The Labute approximate surface area is 112 Å². The van der Waals surface area contributed by atoms with Crippen LogP contribution in [0.2, 0.25) is 0 Å². The second-order valence-corrected chi connectivity index (χ2v) is 4.28. The number of rotatable bonds is 1. The number of nitrogens with one attached hydrogen (secondary N) is 1. The molecule has 6 heteroatoms. The first-order chi connectivity index (χ1) is 9.54. The predicted molar refractivity (Wildman–Crippen MR) is 71.1 cm³/mol. The maximum atomic E-state index is 13.1. The van der Waals surface area contributed by atoms with Gasteiger partial charge in [-0.15, -0.1) is 0 Å². The van der Waals surface area contributed by atoms with E-state index >= 15 is 0 Å². The fraction of sp³-hybridized carbons (Fsp3) is 0. The number of halogens is 1. The highest BCUT2D eigenvalue weighted by atomic mass is 19.1. The Balaban J connectivity index is 2.24. The lowest BCUT2D eigenvalue weighted by Gasteiger charge is -2.04. The van der Waals surface area contributed by atoms with Crippen LogP contribution in [0.15, 0.2) is 41.2 Å². The first kappa shape index (κ1) is 12.2. The number of hydrogen-bond acceptors (Lipinski definition) is 4. The molecule has 0 unspecified atom stereocenters. The van der Waals surface area contributed by atoms with E-state index in [0.29, 0.717) is 11.1 Å². The molecule has 0 saturated heterocycles. The minimum absolute atomic E-state index is 0.150. The van der Waals surface area contributed by atoms with Gasteiger partial charge in [0.15, 0.2) is 11.5 Å². The Hall–Kier alpha value is -2.89. The number of hydrogen-bond donors (Lipinski definition) is 3. The normalized spacial score (nSPS) is 10.8. The van der Waals surface area contributed by atoms with Crippen molar-refractivity contribution >= 4 is 10.9 Å². The molecule has 100 valence electrons. The molecule has 1 aromatic heterocycles. The van der Waals surface area contributed by atoms with Crippen molar-refractivity contribution in [2.24, 2.45) is 0 Å². The third kappa shape index (κ3) is 1.97. The van der Waals surface area contributed by atoms with Crippen molar-refractivity contribution < 1.29 is 14.6 Å². The molecule has 1 heterocycles. The van der Waals surface area contributed by atoms with Crippen LogP contribution in [0.1, 0.15) is 0 Å². The average molecular weight is 272 g/mol. The number of aromatic hydroxyl groups is 2. The smallest absolute Gasteiger partial charge is 0.259 e. The quantitative estimate of drug-likeness (QED) is 0.592. The van der Waals surface area contributed by atoms with E-state index in [2.05, 4.69) is 9.97 Å². The Morgan fingerprint density at radius 1 is 1.05 bits per heavy atom. The molecule has 3 aromatic rings. The van der Waals surface area contributed by atoms with Gasteiger partial charge in [0.05, 0.1) is 10.9 Å². The lowest BCUT2D eigenvalue weighted by Crippen LogP contribution is -2.09. The van der Waals surface area contributed by atoms with Gasteiger partial charge in [0, 0.05) is 5.56 Å². The SMILES string of the molecule is O=c1[nH]c(-c2ccc(O)c(O)c2)nc2ccc(F)cc12. The zero-order valence-corrected chi connectivity index (χ0v) is 10.1. The maximum Gasteiger partial charge on any atom is 0.259 e. The van der Waals surface area contributed by atoms with Crippen LogP contribution < -0.4 is 5.56 Å². The molecular formula is C14H9FN2O3. The van der Waals surface area contributed by atoms with Crippen molar-refractivity contribution in [3.05, 3.63) is 52.6 Å². The Bertz CT molecular complexity index is 874. The maximum absolute atomic E-state index is 13.1. The highest BCUT2D eigenvalue weighted by Crippen LogP contribution is 2.29. The number of H-pyrrole nitrogens is 1. The number of phenolic OH excluding ortho intramolecular Hbond substituents is 2. The van der Waals surface area contributed by atoms with Gasteiger partial charge in [-0.2, -0.15) is 0 Å². The minimum Gasteiger partial charge on any atom is -0.504 e. The molecular weight excluding hydrogens is 263 g/mol. The summed E-state index contributed by atoms with van der Waals surface area (Å²) in [5.41, 5.74) is 0.304. The van der Waals surface area contributed by atoms with Crippen LogP contribution in [-0.4, -0.2) is 20.2 Å². The van der Waals surface area contributed by atoms with Crippen molar-refractivity contribution in [3.8, 4) is 22.9 Å². The molecule has 0 amide bonds. The summed E-state index contributed by atoms with van der Waals surface area (Å²) in [4.78, 5) is 18.6. The van der Waals surface area contributed by atoms with Crippen LogP contribution in [0, 0.1) is 5.82 Å². The number of fused-ring (bicyclic) bond motifs is 1. The molecule has 0 aliphatic carbocycles. The summed E-state index contributed by atoms with van der Waals surface area (Å²) >= 11 is 0. The van der Waals surface area contributed by atoms with Gasteiger partial charge in [0.2, 0.25) is 0 Å². The van der Waals surface area contributed by atoms with Gasteiger partial charge in [0.25, 0.3) is 5.56 Å². The number of benzene rings is 2.